The third kappa shape index (κ3) is 2.59. The first kappa shape index (κ1) is 9.79. The van der Waals surface area contributed by atoms with Gasteiger partial charge in [-0.2, -0.15) is 0 Å². The molecule has 1 aliphatic rings. The van der Waals surface area contributed by atoms with E-state index in [2.05, 4.69) is 50.8 Å². The SMILES string of the molecule is C=C/C=C1/C=CC(C)C=C/C1=C/C. The summed E-state index contributed by atoms with van der Waals surface area (Å²) in [6, 6.07) is 0. The lowest BCUT2D eigenvalue weighted by Crippen LogP contribution is -1.79. The van der Waals surface area contributed by atoms with E-state index in [4.69, 9.17) is 0 Å². The van der Waals surface area contributed by atoms with Gasteiger partial charge in [0.2, 0.25) is 0 Å². The van der Waals surface area contributed by atoms with Crippen LogP contribution < -0.4 is 0 Å². The zero-order valence-electron chi connectivity index (χ0n) is 8.33. The topological polar surface area (TPSA) is 0 Å². The first-order valence-corrected chi connectivity index (χ1v) is 4.63. The van der Waals surface area contributed by atoms with Crippen LogP contribution in [0.1, 0.15) is 13.8 Å². The summed E-state index contributed by atoms with van der Waals surface area (Å²) in [5, 5.41) is 0. The van der Waals surface area contributed by atoms with Crippen LogP contribution in [0.3, 0.4) is 0 Å². The maximum Gasteiger partial charge on any atom is -0.00752 e. The lowest BCUT2D eigenvalue weighted by molar-refractivity contribution is 0.943. The van der Waals surface area contributed by atoms with Crippen molar-refractivity contribution in [2.45, 2.75) is 13.8 Å². The van der Waals surface area contributed by atoms with Gasteiger partial charge >= 0.3 is 0 Å². The largest absolute Gasteiger partial charge is 0.0990 e. The molecule has 0 aromatic rings. The number of hydrogen-bond acceptors (Lipinski definition) is 0. The molecule has 0 radical (unpaired) electrons. The average Bonchev–Trinajstić information content (AvgIpc) is 2.30. The van der Waals surface area contributed by atoms with Crippen molar-refractivity contribution < 1.29 is 0 Å². The Balaban J connectivity index is 3.07. The summed E-state index contributed by atoms with van der Waals surface area (Å²) in [5.74, 6) is 0.519. The minimum Gasteiger partial charge on any atom is -0.0990 e. The van der Waals surface area contributed by atoms with Gasteiger partial charge in [-0.1, -0.05) is 56.0 Å². The number of hydrogen-bond donors (Lipinski definition) is 0. The van der Waals surface area contributed by atoms with Gasteiger partial charge in [0, 0.05) is 0 Å². The molecule has 0 aliphatic heterocycles. The summed E-state index contributed by atoms with van der Waals surface area (Å²) < 4.78 is 0. The van der Waals surface area contributed by atoms with Crippen LogP contribution in [0.4, 0.5) is 0 Å². The van der Waals surface area contributed by atoms with Gasteiger partial charge in [0.15, 0.2) is 0 Å². The van der Waals surface area contributed by atoms with Crippen LogP contribution in [0.15, 0.2) is 60.3 Å². The quantitative estimate of drug-likeness (QED) is 0.564. The van der Waals surface area contributed by atoms with Crippen molar-refractivity contribution in [3.63, 3.8) is 0 Å². The van der Waals surface area contributed by atoms with Crippen LogP contribution in [-0.2, 0) is 0 Å². The molecule has 13 heavy (non-hydrogen) atoms. The van der Waals surface area contributed by atoms with E-state index in [1.165, 1.54) is 11.1 Å². The highest BCUT2D eigenvalue weighted by atomic mass is 14.1. The Bertz CT molecular complexity index is 298. The normalized spacial score (nSPS) is 28.0. The van der Waals surface area contributed by atoms with E-state index in [1.807, 2.05) is 12.2 Å². The maximum atomic E-state index is 3.71. The molecule has 0 saturated heterocycles. The van der Waals surface area contributed by atoms with Gasteiger partial charge in [-0.05, 0) is 24.0 Å². The second kappa shape index (κ2) is 4.66. The second-order valence-corrected chi connectivity index (χ2v) is 3.18. The Morgan fingerprint density at radius 3 is 2.38 bits per heavy atom. The van der Waals surface area contributed by atoms with Crippen molar-refractivity contribution in [3.05, 3.63) is 60.3 Å². The van der Waals surface area contributed by atoms with E-state index in [9.17, 15) is 0 Å². The van der Waals surface area contributed by atoms with Crippen LogP contribution >= 0.6 is 0 Å². The Hall–Kier alpha value is -1.30. The smallest absolute Gasteiger partial charge is 0.00752 e. The third-order valence-electron chi connectivity index (χ3n) is 2.10. The van der Waals surface area contributed by atoms with E-state index >= 15 is 0 Å². The van der Waals surface area contributed by atoms with E-state index < -0.39 is 0 Å². The zero-order chi connectivity index (χ0) is 9.68. The molecule has 0 amide bonds. The molecule has 68 valence electrons. The number of rotatable bonds is 1. The molecular formula is C13H16. The molecule has 0 aromatic carbocycles. The fourth-order valence-electron chi connectivity index (χ4n) is 1.31. The first-order chi connectivity index (χ1) is 6.27. The van der Waals surface area contributed by atoms with Crippen LogP contribution in [-0.4, -0.2) is 0 Å². The molecule has 0 saturated carbocycles. The maximum absolute atomic E-state index is 3.71. The molecule has 0 heterocycles. The highest BCUT2D eigenvalue weighted by Crippen LogP contribution is 2.19. The van der Waals surface area contributed by atoms with Crippen LogP contribution in [0.25, 0.3) is 0 Å². The minimum absolute atomic E-state index is 0.519. The predicted molar refractivity (Wildman–Crippen MR) is 59.5 cm³/mol. The lowest BCUT2D eigenvalue weighted by Gasteiger charge is -1.99. The molecule has 0 aromatic heterocycles. The van der Waals surface area contributed by atoms with Gasteiger partial charge in [-0.15, -0.1) is 0 Å². The molecule has 1 rings (SSSR count). The van der Waals surface area contributed by atoms with Crippen molar-refractivity contribution in [2.24, 2.45) is 5.92 Å². The molecule has 1 unspecified atom stereocenters. The highest BCUT2D eigenvalue weighted by Gasteiger charge is 2.01. The van der Waals surface area contributed by atoms with Crippen molar-refractivity contribution >= 4 is 0 Å². The van der Waals surface area contributed by atoms with Crippen LogP contribution in [0.5, 0.6) is 0 Å². The fraction of sp³-hybridized carbons (Fsp3) is 0.231. The summed E-state index contributed by atoms with van der Waals surface area (Å²) in [4.78, 5) is 0. The molecule has 0 nitrogen and oxygen atoms in total. The molecule has 1 atom stereocenters. The molecule has 1 aliphatic carbocycles. The van der Waals surface area contributed by atoms with Crippen LogP contribution in [0.2, 0.25) is 0 Å². The van der Waals surface area contributed by atoms with Crippen molar-refractivity contribution in [3.8, 4) is 0 Å². The molecule has 0 heteroatoms. The molecule has 0 fully saturated rings. The van der Waals surface area contributed by atoms with Crippen molar-refractivity contribution in [1.29, 1.82) is 0 Å². The van der Waals surface area contributed by atoms with Gasteiger partial charge in [0.25, 0.3) is 0 Å². The molecule has 0 N–H and O–H groups in total. The minimum atomic E-state index is 0.519. The Kier molecular flexibility index (Phi) is 3.51. The van der Waals surface area contributed by atoms with E-state index in [1.54, 1.807) is 0 Å². The summed E-state index contributed by atoms with van der Waals surface area (Å²) >= 11 is 0. The summed E-state index contributed by atoms with van der Waals surface area (Å²) in [5.41, 5.74) is 2.50. The summed E-state index contributed by atoms with van der Waals surface area (Å²) in [6.07, 6.45) is 14.7. The van der Waals surface area contributed by atoms with Gasteiger partial charge in [-0.25, -0.2) is 0 Å². The van der Waals surface area contributed by atoms with E-state index in [-0.39, 0.29) is 0 Å². The lowest BCUT2D eigenvalue weighted by atomic mass is 10.1. The Morgan fingerprint density at radius 1 is 1.23 bits per heavy atom. The van der Waals surface area contributed by atoms with Gasteiger partial charge in [0.1, 0.15) is 0 Å². The van der Waals surface area contributed by atoms with Crippen LogP contribution in [0, 0.1) is 5.92 Å². The highest BCUT2D eigenvalue weighted by molar-refractivity contribution is 5.49. The van der Waals surface area contributed by atoms with Gasteiger partial charge in [0.05, 0.1) is 0 Å². The second-order valence-electron chi connectivity index (χ2n) is 3.18. The Morgan fingerprint density at radius 2 is 1.85 bits per heavy atom. The van der Waals surface area contributed by atoms with E-state index in [0.29, 0.717) is 5.92 Å². The zero-order valence-corrected chi connectivity index (χ0v) is 8.33. The Labute approximate surface area is 80.7 Å². The summed E-state index contributed by atoms with van der Waals surface area (Å²) in [7, 11) is 0. The molecule has 0 bridgehead atoms. The fourth-order valence-corrected chi connectivity index (χ4v) is 1.31. The molecule has 0 spiro atoms. The summed E-state index contributed by atoms with van der Waals surface area (Å²) in [6.45, 7) is 7.95. The third-order valence-corrected chi connectivity index (χ3v) is 2.10. The standard InChI is InChI=1S/C13H16/c1-4-6-13-10-8-11(3)7-9-12(13)5-2/h4-11H,1H2,2-3H3/b12-5-,13-6-. The van der Waals surface area contributed by atoms with Gasteiger partial charge < -0.3 is 0 Å². The first-order valence-electron chi connectivity index (χ1n) is 4.63. The molecular weight excluding hydrogens is 156 g/mol. The van der Waals surface area contributed by atoms with Gasteiger partial charge in [-0.3, -0.25) is 0 Å². The van der Waals surface area contributed by atoms with Crippen molar-refractivity contribution in [2.75, 3.05) is 0 Å². The van der Waals surface area contributed by atoms with E-state index in [0.717, 1.165) is 0 Å². The average molecular weight is 172 g/mol. The predicted octanol–water partition coefficient (Wildman–Crippen LogP) is 3.81. The monoisotopic (exact) mass is 172 g/mol. The number of allylic oxidation sites excluding steroid dienone is 9. The van der Waals surface area contributed by atoms with Crippen molar-refractivity contribution in [1.82, 2.24) is 0 Å².